The minimum Gasteiger partial charge on any atom is -0.356 e. The lowest BCUT2D eigenvalue weighted by molar-refractivity contribution is -0.124. The molecule has 2 N–H and O–H groups in total. The number of carbonyl (C=O) groups is 2. The SMILES string of the molecule is Cc1ccc(F)c(NC(=O)CCC(=O)NC[C@H]2C[C@H]3C=C[C@H]2C32CC2)c1. The van der Waals surface area contributed by atoms with E-state index in [1.165, 1.54) is 25.3 Å². The number of anilines is 1. The minimum absolute atomic E-state index is 0.0553. The van der Waals surface area contributed by atoms with Gasteiger partial charge >= 0.3 is 0 Å². The Bertz CT molecular complexity index is 769. The number of hydrogen-bond acceptors (Lipinski definition) is 2. The van der Waals surface area contributed by atoms with Crippen molar-refractivity contribution in [2.24, 2.45) is 23.2 Å². The van der Waals surface area contributed by atoms with E-state index in [2.05, 4.69) is 22.8 Å². The second-order valence-electron chi connectivity index (χ2n) is 8.08. The molecular formula is C21H25FN2O2. The summed E-state index contributed by atoms with van der Waals surface area (Å²) in [5.41, 5.74) is 1.57. The van der Waals surface area contributed by atoms with Gasteiger partial charge in [0.1, 0.15) is 5.82 Å². The molecule has 2 amide bonds. The lowest BCUT2D eigenvalue weighted by Gasteiger charge is -2.20. The third kappa shape index (κ3) is 3.15. The first-order valence-corrected chi connectivity index (χ1v) is 9.49. The van der Waals surface area contributed by atoms with Gasteiger partial charge < -0.3 is 10.6 Å². The zero-order chi connectivity index (χ0) is 18.3. The fourth-order valence-electron chi connectivity index (χ4n) is 4.86. The van der Waals surface area contributed by atoms with Crippen LogP contribution in [0.15, 0.2) is 30.4 Å². The van der Waals surface area contributed by atoms with Crippen molar-refractivity contribution in [1.82, 2.24) is 5.32 Å². The van der Waals surface area contributed by atoms with Crippen molar-refractivity contribution in [3.05, 3.63) is 41.7 Å². The molecular weight excluding hydrogens is 331 g/mol. The number of rotatable bonds is 6. The van der Waals surface area contributed by atoms with Crippen LogP contribution in [0.3, 0.4) is 0 Å². The number of halogens is 1. The van der Waals surface area contributed by atoms with E-state index in [0.29, 0.717) is 29.7 Å². The van der Waals surface area contributed by atoms with Crippen molar-refractivity contribution >= 4 is 17.5 Å². The maximum Gasteiger partial charge on any atom is 0.224 e. The monoisotopic (exact) mass is 356 g/mol. The lowest BCUT2D eigenvalue weighted by Crippen LogP contribution is -2.32. The summed E-state index contributed by atoms with van der Waals surface area (Å²) in [6.45, 7) is 2.53. The van der Waals surface area contributed by atoms with Crippen molar-refractivity contribution < 1.29 is 14.0 Å². The Morgan fingerprint density at radius 1 is 1.19 bits per heavy atom. The molecule has 2 saturated carbocycles. The summed E-state index contributed by atoms with van der Waals surface area (Å²) in [7, 11) is 0. The standard InChI is InChI=1S/C21H25FN2O2/c1-13-2-5-17(22)18(10-13)24-20(26)7-6-19(25)23-12-14-11-15-3-4-16(14)21(15)8-9-21/h2-5,10,14-16H,6-9,11-12H2,1H3,(H,23,25)(H,24,26)/t14-,15-,16-/m1/s1. The molecule has 5 heteroatoms. The van der Waals surface area contributed by atoms with Gasteiger partial charge in [0.25, 0.3) is 0 Å². The topological polar surface area (TPSA) is 58.2 Å². The van der Waals surface area contributed by atoms with Gasteiger partial charge in [-0.15, -0.1) is 0 Å². The van der Waals surface area contributed by atoms with Gasteiger partial charge in [-0.1, -0.05) is 18.2 Å². The summed E-state index contributed by atoms with van der Waals surface area (Å²) in [6, 6.07) is 4.56. The van der Waals surface area contributed by atoms with E-state index < -0.39 is 5.82 Å². The Labute approximate surface area is 153 Å². The van der Waals surface area contributed by atoms with Gasteiger partial charge in [-0.2, -0.15) is 0 Å². The van der Waals surface area contributed by atoms with E-state index in [1.807, 2.05) is 6.92 Å². The Balaban J connectivity index is 1.20. The Hall–Kier alpha value is -2.17. The smallest absolute Gasteiger partial charge is 0.224 e. The molecule has 1 aromatic carbocycles. The van der Waals surface area contributed by atoms with E-state index in [1.54, 1.807) is 12.1 Å². The van der Waals surface area contributed by atoms with Gasteiger partial charge in [0.15, 0.2) is 0 Å². The van der Waals surface area contributed by atoms with E-state index in [9.17, 15) is 14.0 Å². The van der Waals surface area contributed by atoms with Crippen LogP contribution in [0.25, 0.3) is 0 Å². The third-order valence-corrected chi connectivity index (χ3v) is 6.38. The minimum atomic E-state index is -0.466. The normalized spacial score (nSPS) is 26.9. The highest BCUT2D eigenvalue weighted by Gasteiger charge is 2.62. The molecule has 2 bridgehead atoms. The Morgan fingerprint density at radius 2 is 1.96 bits per heavy atom. The molecule has 0 aliphatic heterocycles. The van der Waals surface area contributed by atoms with Crippen molar-refractivity contribution in [3.8, 4) is 0 Å². The van der Waals surface area contributed by atoms with Crippen LogP contribution < -0.4 is 10.6 Å². The van der Waals surface area contributed by atoms with Crippen molar-refractivity contribution in [3.63, 3.8) is 0 Å². The van der Waals surface area contributed by atoms with Gasteiger partial charge in [0.05, 0.1) is 5.69 Å². The number of allylic oxidation sites excluding steroid dienone is 2. The van der Waals surface area contributed by atoms with E-state index in [0.717, 1.165) is 5.56 Å². The predicted octanol–water partition coefficient (Wildman–Crippen LogP) is 3.57. The molecule has 4 nitrogen and oxygen atoms in total. The van der Waals surface area contributed by atoms with Crippen LogP contribution in [0.2, 0.25) is 0 Å². The first-order chi connectivity index (χ1) is 12.5. The molecule has 0 saturated heterocycles. The van der Waals surface area contributed by atoms with Gasteiger partial charge in [-0.3, -0.25) is 9.59 Å². The summed E-state index contributed by atoms with van der Waals surface area (Å²) >= 11 is 0. The second kappa shape index (κ2) is 6.53. The van der Waals surface area contributed by atoms with Crippen molar-refractivity contribution in [2.75, 3.05) is 11.9 Å². The summed E-state index contributed by atoms with van der Waals surface area (Å²) in [5, 5.41) is 5.53. The fourth-order valence-corrected chi connectivity index (χ4v) is 4.86. The average Bonchev–Trinajstić information content (AvgIpc) is 3.28. The number of aryl methyl sites for hydroxylation is 1. The number of nitrogens with one attached hydrogen (secondary N) is 2. The van der Waals surface area contributed by atoms with Crippen LogP contribution >= 0.6 is 0 Å². The van der Waals surface area contributed by atoms with Crippen LogP contribution in [0.1, 0.15) is 37.7 Å². The molecule has 3 aliphatic rings. The van der Waals surface area contributed by atoms with Crippen LogP contribution in [0.4, 0.5) is 10.1 Å². The third-order valence-electron chi connectivity index (χ3n) is 6.38. The average molecular weight is 356 g/mol. The predicted molar refractivity (Wildman–Crippen MR) is 97.9 cm³/mol. The van der Waals surface area contributed by atoms with Gasteiger partial charge in [0.2, 0.25) is 11.8 Å². The van der Waals surface area contributed by atoms with Gasteiger partial charge in [0, 0.05) is 19.4 Å². The highest BCUT2D eigenvalue weighted by atomic mass is 19.1. The zero-order valence-electron chi connectivity index (χ0n) is 15.1. The molecule has 26 heavy (non-hydrogen) atoms. The zero-order valence-corrected chi connectivity index (χ0v) is 15.1. The van der Waals surface area contributed by atoms with Crippen LogP contribution in [-0.2, 0) is 9.59 Å². The van der Waals surface area contributed by atoms with Crippen LogP contribution in [0.5, 0.6) is 0 Å². The van der Waals surface area contributed by atoms with Crippen LogP contribution in [0, 0.1) is 35.9 Å². The first-order valence-electron chi connectivity index (χ1n) is 9.49. The molecule has 0 heterocycles. The molecule has 0 unspecified atom stereocenters. The quantitative estimate of drug-likeness (QED) is 0.766. The molecule has 4 rings (SSSR count). The molecule has 0 radical (unpaired) electrons. The van der Waals surface area contributed by atoms with E-state index in [4.69, 9.17) is 0 Å². The summed E-state index contributed by atoms with van der Waals surface area (Å²) < 4.78 is 13.7. The van der Waals surface area contributed by atoms with E-state index in [-0.39, 0.29) is 30.3 Å². The fraction of sp³-hybridized carbons (Fsp3) is 0.524. The summed E-state index contributed by atoms with van der Waals surface area (Å²) in [5.74, 6) is 0.953. The molecule has 0 aromatic heterocycles. The van der Waals surface area contributed by atoms with Crippen LogP contribution in [-0.4, -0.2) is 18.4 Å². The number of carbonyl (C=O) groups excluding carboxylic acids is 2. The molecule has 1 spiro atoms. The van der Waals surface area contributed by atoms with Gasteiger partial charge in [-0.25, -0.2) is 4.39 Å². The summed E-state index contributed by atoms with van der Waals surface area (Å²) in [6.07, 6.45) is 8.73. The molecule has 2 fully saturated rings. The highest BCUT2D eigenvalue weighted by Crippen LogP contribution is 2.69. The lowest BCUT2D eigenvalue weighted by atomic mass is 9.89. The second-order valence-corrected chi connectivity index (χ2v) is 8.08. The molecule has 3 aliphatic carbocycles. The molecule has 3 atom stereocenters. The number of benzene rings is 1. The molecule has 1 aromatic rings. The highest BCUT2D eigenvalue weighted by molar-refractivity contribution is 5.93. The van der Waals surface area contributed by atoms with Crippen molar-refractivity contribution in [2.45, 2.75) is 39.0 Å². The summed E-state index contributed by atoms with van der Waals surface area (Å²) in [4.78, 5) is 24.0. The maximum absolute atomic E-state index is 13.7. The Morgan fingerprint density at radius 3 is 2.69 bits per heavy atom. The Kier molecular flexibility index (Phi) is 4.33. The number of amides is 2. The van der Waals surface area contributed by atoms with Crippen molar-refractivity contribution in [1.29, 1.82) is 0 Å². The van der Waals surface area contributed by atoms with Gasteiger partial charge in [-0.05, 0) is 67.1 Å². The maximum atomic E-state index is 13.7. The number of hydrogen-bond donors (Lipinski definition) is 2. The van der Waals surface area contributed by atoms with E-state index >= 15 is 0 Å². The molecule has 138 valence electrons. The largest absolute Gasteiger partial charge is 0.356 e. The first kappa shape index (κ1) is 17.3.